The van der Waals surface area contributed by atoms with E-state index in [0.29, 0.717) is 23.2 Å². The van der Waals surface area contributed by atoms with Crippen molar-refractivity contribution in [3.8, 4) is 16.9 Å². The summed E-state index contributed by atoms with van der Waals surface area (Å²) >= 11 is 0. The van der Waals surface area contributed by atoms with E-state index in [9.17, 15) is 17.2 Å². The molecule has 3 heterocycles. The van der Waals surface area contributed by atoms with Gasteiger partial charge in [-0.3, -0.25) is 0 Å². The molecule has 7 nitrogen and oxygen atoms in total. The lowest BCUT2D eigenvalue weighted by molar-refractivity contribution is -0.0503. The normalized spacial score (nSPS) is 11.9. The average molecular weight is 444 g/mol. The minimum atomic E-state index is -3.49. The summed E-state index contributed by atoms with van der Waals surface area (Å²) in [4.78, 5) is 12.4. The first-order valence-corrected chi connectivity index (χ1v) is 11.1. The third kappa shape index (κ3) is 4.38. The van der Waals surface area contributed by atoms with Crippen LogP contribution in [0, 0.1) is 6.92 Å². The lowest BCUT2D eigenvalue weighted by atomic mass is 10.1. The lowest BCUT2D eigenvalue weighted by Crippen LogP contribution is -2.06. The summed E-state index contributed by atoms with van der Waals surface area (Å²) in [5.74, 6) is 0.118. The van der Waals surface area contributed by atoms with Crippen molar-refractivity contribution in [2.75, 3.05) is 6.26 Å². The number of rotatable bonds is 6. The predicted octanol–water partition coefficient (Wildman–Crippen LogP) is 3.70. The van der Waals surface area contributed by atoms with Gasteiger partial charge in [-0.15, -0.1) is 0 Å². The SMILES string of the molecule is Cc1nc2ccc(-c3cnc(S(C)(=O)=O)nc3)cn2c1Cc1ccccc1OC(F)F. The molecule has 160 valence electrons. The van der Waals surface area contributed by atoms with E-state index >= 15 is 0 Å². The van der Waals surface area contributed by atoms with Gasteiger partial charge in [0.2, 0.25) is 15.0 Å². The van der Waals surface area contributed by atoms with Gasteiger partial charge in [-0.25, -0.2) is 23.4 Å². The van der Waals surface area contributed by atoms with Gasteiger partial charge in [0.1, 0.15) is 11.4 Å². The van der Waals surface area contributed by atoms with Crippen molar-refractivity contribution in [1.29, 1.82) is 0 Å². The van der Waals surface area contributed by atoms with Gasteiger partial charge in [-0.2, -0.15) is 8.78 Å². The van der Waals surface area contributed by atoms with Crippen molar-refractivity contribution >= 4 is 15.5 Å². The van der Waals surface area contributed by atoms with Gasteiger partial charge in [0.25, 0.3) is 0 Å². The molecule has 0 spiro atoms. The first kappa shape index (κ1) is 20.9. The maximum Gasteiger partial charge on any atom is 0.387 e. The van der Waals surface area contributed by atoms with Gasteiger partial charge in [0.05, 0.1) is 5.69 Å². The van der Waals surface area contributed by atoms with Crippen LogP contribution in [0.15, 0.2) is 60.1 Å². The number of aromatic nitrogens is 4. The van der Waals surface area contributed by atoms with E-state index in [1.807, 2.05) is 29.7 Å². The summed E-state index contributed by atoms with van der Waals surface area (Å²) in [5.41, 5.74) is 4.26. The molecule has 0 fully saturated rings. The minimum Gasteiger partial charge on any atom is -0.435 e. The van der Waals surface area contributed by atoms with E-state index < -0.39 is 16.4 Å². The number of halogens is 2. The molecule has 0 bridgehead atoms. The number of ether oxygens (including phenoxy) is 1. The molecule has 0 aliphatic rings. The van der Waals surface area contributed by atoms with Crippen LogP contribution in [0.4, 0.5) is 8.78 Å². The van der Waals surface area contributed by atoms with Crippen LogP contribution in [0.2, 0.25) is 0 Å². The van der Waals surface area contributed by atoms with E-state index in [4.69, 9.17) is 0 Å². The summed E-state index contributed by atoms with van der Waals surface area (Å²) in [6.07, 6.45) is 6.10. The molecule has 1 aromatic carbocycles. The van der Waals surface area contributed by atoms with Crippen molar-refractivity contribution < 1.29 is 21.9 Å². The van der Waals surface area contributed by atoms with Crippen LogP contribution in [0.1, 0.15) is 17.0 Å². The topological polar surface area (TPSA) is 86.5 Å². The highest BCUT2D eigenvalue weighted by molar-refractivity contribution is 7.90. The van der Waals surface area contributed by atoms with Gasteiger partial charge in [0.15, 0.2) is 0 Å². The third-order valence-electron chi connectivity index (χ3n) is 4.76. The molecule has 0 atom stereocenters. The van der Waals surface area contributed by atoms with E-state index in [1.54, 1.807) is 18.2 Å². The number of sulfone groups is 1. The first-order chi connectivity index (χ1) is 14.7. The minimum absolute atomic E-state index is 0.118. The van der Waals surface area contributed by atoms with Gasteiger partial charge >= 0.3 is 6.61 Å². The monoisotopic (exact) mass is 444 g/mol. The van der Waals surface area contributed by atoms with Crippen LogP contribution in [-0.2, 0) is 16.3 Å². The number of benzene rings is 1. The standard InChI is InChI=1S/C21H18F2N4O3S/c1-13-17(9-14-5-3-4-6-18(14)30-20(22)23)27-12-15(7-8-19(27)26-13)16-10-24-21(25-11-16)31(2,28)29/h3-8,10-12,20H,9H2,1-2H3. The van der Waals surface area contributed by atoms with Crippen molar-refractivity contribution in [2.45, 2.75) is 25.1 Å². The second-order valence-electron chi connectivity index (χ2n) is 6.98. The Bertz CT molecular complexity index is 1350. The summed E-state index contributed by atoms with van der Waals surface area (Å²) in [6, 6.07) is 10.3. The number of hydrogen-bond acceptors (Lipinski definition) is 6. The maximum absolute atomic E-state index is 12.8. The molecule has 0 aliphatic carbocycles. The fourth-order valence-corrected chi connectivity index (χ4v) is 3.78. The quantitative estimate of drug-likeness (QED) is 0.422. The second-order valence-corrected chi connectivity index (χ2v) is 8.89. The highest BCUT2D eigenvalue weighted by Crippen LogP contribution is 2.27. The Hall–Kier alpha value is -3.40. The number of nitrogens with zero attached hydrogens (tertiary/aromatic N) is 4. The summed E-state index contributed by atoms with van der Waals surface area (Å²) in [7, 11) is -3.49. The largest absolute Gasteiger partial charge is 0.435 e. The molecule has 0 amide bonds. The predicted molar refractivity (Wildman–Crippen MR) is 110 cm³/mol. The molecular weight excluding hydrogens is 426 g/mol. The third-order valence-corrected chi connectivity index (χ3v) is 5.63. The van der Waals surface area contributed by atoms with E-state index in [1.165, 1.54) is 18.5 Å². The molecule has 0 saturated heterocycles. The Labute approximate surface area is 177 Å². The van der Waals surface area contributed by atoms with Crippen LogP contribution in [0.25, 0.3) is 16.8 Å². The average Bonchev–Trinajstić information content (AvgIpc) is 3.03. The van der Waals surface area contributed by atoms with E-state index in [-0.39, 0.29) is 10.9 Å². The fraction of sp³-hybridized carbons (Fsp3) is 0.190. The summed E-state index contributed by atoms with van der Waals surface area (Å²) in [6.45, 7) is -1.06. The molecule has 0 saturated carbocycles. The molecule has 0 radical (unpaired) electrons. The number of imidazole rings is 1. The number of para-hydroxylation sites is 1. The van der Waals surface area contributed by atoms with E-state index in [2.05, 4.69) is 19.7 Å². The zero-order valence-corrected chi connectivity index (χ0v) is 17.5. The Morgan fingerprint density at radius 3 is 2.45 bits per heavy atom. The van der Waals surface area contributed by atoms with Gasteiger partial charge in [0, 0.05) is 53.7 Å². The number of pyridine rings is 1. The van der Waals surface area contributed by atoms with Crippen molar-refractivity contribution in [1.82, 2.24) is 19.4 Å². The Kier molecular flexibility index (Phi) is 5.40. The van der Waals surface area contributed by atoms with Gasteiger partial charge < -0.3 is 9.14 Å². The molecule has 3 aromatic heterocycles. The number of aryl methyl sites for hydroxylation is 1. The van der Waals surface area contributed by atoms with Gasteiger partial charge in [-0.1, -0.05) is 18.2 Å². The van der Waals surface area contributed by atoms with Crippen molar-refractivity contribution in [3.05, 3.63) is 71.9 Å². The lowest BCUT2D eigenvalue weighted by Gasteiger charge is -2.11. The summed E-state index contributed by atoms with van der Waals surface area (Å²) < 4.78 is 55.2. The molecular formula is C21H18F2N4O3S. The number of alkyl halides is 2. The number of hydrogen-bond donors (Lipinski definition) is 0. The zero-order chi connectivity index (χ0) is 22.2. The van der Waals surface area contributed by atoms with Crippen LogP contribution < -0.4 is 4.74 Å². The maximum atomic E-state index is 12.8. The molecule has 31 heavy (non-hydrogen) atoms. The Morgan fingerprint density at radius 2 is 1.77 bits per heavy atom. The Morgan fingerprint density at radius 1 is 1.06 bits per heavy atom. The van der Waals surface area contributed by atoms with Crippen LogP contribution in [0.3, 0.4) is 0 Å². The van der Waals surface area contributed by atoms with Crippen LogP contribution >= 0.6 is 0 Å². The number of fused-ring (bicyclic) bond motifs is 1. The Balaban J connectivity index is 1.74. The first-order valence-electron chi connectivity index (χ1n) is 9.25. The molecule has 0 N–H and O–H groups in total. The van der Waals surface area contributed by atoms with Crippen LogP contribution in [0.5, 0.6) is 5.75 Å². The van der Waals surface area contributed by atoms with Crippen molar-refractivity contribution in [2.24, 2.45) is 0 Å². The molecule has 4 rings (SSSR count). The van der Waals surface area contributed by atoms with Gasteiger partial charge in [-0.05, 0) is 25.1 Å². The summed E-state index contributed by atoms with van der Waals surface area (Å²) in [5, 5.41) is -0.243. The molecule has 0 aliphatic heterocycles. The van der Waals surface area contributed by atoms with Crippen molar-refractivity contribution in [3.63, 3.8) is 0 Å². The molecule has 0 unspecified atom stereocenters. The second kappa shape index (κ2) is 8.03. The zero-order valence-electron chi connectivity index (χ0n) is 16.7. The molecule has 10 heteroatoms. The van der Waals surface area contributed by atoms with Crippen LogP contribution in [-0.4, -0.2) is 40.6 Å². The molecule has 4 aromatic rings. The fourth-order valence-electron chi connectivity index (χ4n) is 3.29. The van der Waals surface area contributed by atoms with E-state index in [0.717, 1.165) is 23.2 Å². The smallest absolute Gasteiger partial charge is 0.387 e. The highest BCUT2D eigenvalue weighted by Gasteiger charge is 2.16. The highest BCUT2D eigenvalue weighted by atomic mass is 32.2.